The Kier molecular flexibility index (Phi) is 3.26. The number of carbonyl (C=O) groups excluding carboxylic acids is 1. The largest absolute Gasteiger partial charge is 0.335 e. The van der Waals surface area contributed by atoms with Crippen LogP contribution >= 0.6 is 0 Å². The van der Waals surface area contributed by atoms with Crippen molar-refractivity contribution in [1.82, 2.24) is 4.90 Å². The normalized spacial score (nSPS) is 34.1. The van der Waals surface area contributed by atoms with Gasteiger partial charge in [0.1, 0.15) is 0 Å². The van der Waals surface area contributed by atoms with Crippen molar-refractivity contribution in [3.05, 3.63) is 35.9 Å². The van der Waals surface area contributed by atoms with E-state index in [1.165, 1.54) is 24.8 Å². The molecule has 3 nitrogen and oxygen atoms in total. The molecule has 1 aromatic carbocycles. The van der Waals surface area contributed by atoms with Crippen molar-refractivity contribution in [1.29, 1.82) is 0 Å². The van der Waals surface area contributed by atoms with Crippen molar-refractivity contribution < 1.29 is 4.79 Å². The molecule has 3 saturated carbocycles. The Hall–Kier alpha value is -1.35. The summed E-state index contributed by atoms with van der Waals surface area (Å²) in [5, 5.41) is 0. The molecular weight excluding hydrogens is 260 g/mol. The van der Waals surface area contributed by atoms with E-state index in [0.717, 1.165) is 19.4 Å². The molecule has 1 aromatic rings. The van der Waals surface area contributed by atoms with Crippen molar-refractivity contribution >= 4 is 5.91 Å². The lowest BCUT2D eigenvalue weighted by Gasteiger charge is -2.33. The zero-order valence-corrected chi connectivity index (χ0v) is 12.4. The number of nitrogens with zero attached hydrogens (tertiary/aromatic N) is 1. The van der Waals surface area contributed by atoms with Crippen LogP contribution in [0.25, 0.3) is 0 Å². The van der Waals surface area contributed by atoms with E-state index >= 15 is 0 Å². The maximum Gasteiger partial charge on any atom is 0.228 e. The van der Waals surface area contributed by atoms with E-state index in [1.54, 1.807) is 0 Å². The Morgan fingerprint density at radius 2 is 1.81 bits per heavy atom. The second-order valence-electron chi connectivity index (χ2n) is 7.12. The van der Waals surface area contributed by atoms with E-state index < -0.39 is 0 Å². The van der Waals surface area contributed by atoms with Gasteiger partial charge in [0.2, 0.25) is 5.91 Å². The quantitative estimate of drug-likeness (QED) is 0.923. The molecule has 4 rings (SSSR count). The summed E-state index contributed by atoms with van der Waals surface area (Å²) in [7, 11) is 0. The van der Waals surface area contributed by atoms with Crippen molar-refractivity contribution in [2.24, 2.45) is 23.5 Å². The summed E-state index contributed by atoms with van der Waals surface area (Å²) in [4.78, 5) is 15.2. The number of benzene rings is 1. The number of hydrogen-bond acceptors (Lipinski definition) is 2. The monoisotopic (exact) mass is 284 g/mol. The van der Waals surface area contributed by atoms with E-state index in [-0.39, 0.29) is 12.0 Å². The van der Waals surface area contributed by atoms with Gasteiger partial charge in [0.15, 0.2) is 0 Å². The first-order valence-electron chi connectivity index (χ1n) is 8.34. The van der Waals surface area contributed by atoms with Crippen molar-refractivity contribution in [3.8, 4) is 0 Å². The summed E-state index contributed by atoms with van der Waals surface area (Å²) in [5.41, 5.74) is 7.60. The summed E-state index contributed by atoms with van der Waals surface area (Å²) in [6.07, 6.45) is 5.95. The Morgan fingerprint density at radius 1 is 1.10 bits per heavy atom. The van der Waals surface area contributed by atoms with Crippen LogP contribution in [0.3, 0.4) is 0 Å². The number of rotatable bonds is 4. The predicted octanol–water partition coefficient (Wildman–Crippen LogP) is 2.55. The summed E-state index contributed by atoms with van der Waals surface area (Å²) in [6.45, 7) is 0.755. The molecule has 0 aromatic heterocycles. The van der Waals surface area contributed by atoms with Crippen LogP contribution in [-0.4, -0.2) is 22.9 Å². The first-order valence-corrected chi connectivity index (χ1v) is 8.34. The fraction of sp³-hybridized carbons (Fsp3) is 0.611. The molecule has 3 fully saturated rings. The fourth-order valence-electron chi connectivity index (χ4n) is 4.45. The minimum Gasteiger partial charge on any atom is -0.335 e. The first kappa shape index (κ1) is 13.3. The van der Waals surface area contributed by atoms with E-state index in [0.29, 0.717) is 23.8 Å². The average molecular weight is 284 g/mol. The molecule has 2 N–H and O–H groups in total. The second kappa shape index (κ2) is 5.13. The van der Waals surface area contributed by atoms with Gasteiger partial charge >= 0.3 is 0 Å². The lowest BCUT2D eigenvalue weighted by Crippen LogP contribution is -2.47. The number of nitrogens with two attached hydrogens (primary N) is 1. The standard InChI is InChI=1S/C18H24N2O/c19-17-14-7-6-13(10-14)16(17)18(21)20(15-8-9-15)11-12-4-2-1-3-5-12/h1-5,13-17H,6-11,19H2. The highest BCUT2D eigenvalue weighted by Gasteiger charge is 2.51. The lowest BCUT2D eigenvalue weighted by atomic mass is 9.84. The van der Waals surface area contributed by atoms with Gasteiger partial charge in [0, 0.05) is 18.6 Å². The van der Waals surface area contributed by atoms with Crippen molar-refractivity contribution in [2.75, 3.05) is 0 Å². The minimum atomic E-state index is 0.0908. The van der Waals surface area contributed by atoms with Crippen LogP contribution in [0.2, 0.25) is 0 Å². The van der Waals surface area contributed by atoms with Gasteiger partial charge in [-0.15, -0.1) is 0 Å². The molecule has 0 aliphatic heterocycles. The van der Waals surface area contributed by atoms with Gasteiger partial charge < -0.3 is 10.6 Å². The summed E-state index contributed by atoms with van der Waals surface area (Å²) >= 11 is 0. The maximum atomic E-state index is 13.1. The van der Waals surface area contributed by atoms with Crippen LogP contribution < -0.4 is 5.73 Å². The smallest absolute Gasteiger partial charge is 0.228 e. The highest BCUT2D eigenvalue weighted by Crippen LogP contribution is 2.49. The molecule has 0 radical (unpaired) electrons. The van der Waals surface area contributed by atoms with E-state index in [9.17, 15) is 4.79 Å². The molecule has 2 bridgehead atoms. The first-order chi connectivity index (χ1) is 10.2. The van der Waals surface area contributed by atoms with Crippen LogP contribution in [0.1, 0.15) is 37.7 Å². The third-order valence-electron chi connectivity index (χ3n) is 5.73. The van der Waals surface area contributed by atoms with E-state index in [4.69, 9.17) is 5.73 Å². The summed E-state index contributed by atoms with van der Waals surface area (Å²) in [6, 6.07) is 10.9. The molecule has 3 heteroatoms. The average Bonchev–Trinajstić information content (AvgIpc) is 3.16. The topological polar surface area (TPSA) is 46.3 Å². The van der Waals surface area contributed by atoms with E-state index in [1.807, 2.05) is 18.2 Å². The van der Waals surface area contributed by atoms with Crippen LogP contribution in [0.4, 0.5) is 0 Å². The molecule has 1 amide bonds. The highest BCUT2D eigenvalue weighted by molar-refractivity contribution is 5.81. The van der Waals surface area contributed by atoms with E-state index in [2.05, 4.69) is 17.0 Å². The third kappa shape index (κ3) is 2.38. The van der Waals surface area contributed by atoms with Crippen LogP contribution in [0.5, 0.6) is 0 Å². The lowest BCUT2D eigenvalue weighted by molar-refractivity contribution is -0.139. The third-order valence-corrected chi connectivity index (χ3v) is 5.73. The molecular formula is C18H24N2O. The van der Waals surface area contributed by atoms with Crippen molar-refractivity contribution in [3.63, 3.8) is 0 Å². The van der Waals surface area contributed by atoms with Gasteiger partial charge in [-0.3, -0.25) is 4.79 Å². The molecule has 112 valence electrons. The molecule has 3 aliphatic rings. The molecule has 0 heterocycles. The van der Waals surface area contributed by atoms with Gasteiger partial charge in [0.25, 0.3) is 0 Å². The van der Waals surface area contributed by atoms with Gasteiger partial charge in [-0.25, -0.2) is 0 Å². The van der Waals surface area contributed by atoms with Gasteiger partial charge in [0.05, 0.1) is 5.92 Å². The van der Waals surface area contributed by atoms with Gasteiger partial charge in [-0.1, -0.05) is 30.3 Å². The number of carbonyl (C=O) groups is 1. The summed E-state index contributed by atoms with van der Waals surface area (Å²) in [5.74, 6) is 1.57. The number of amides is 1. The zero-order chi connectivity index (χ0) is 14.4. The minimum absolute atomic E-state index is 0.0908. The molecule has 21 heavy (non-hydrogen) atoms. The fourth-order valence-corrected chi connectivity index (χ4v) is 4.45. The van der Waals surface area contributed by atoms with Gasteiger partial charge in [-0.05, 0) is 49.5 Å². The Morgan fingerprint density at radius 3 is 2.43 bits per heavy atom. The molecule has 4 atom stereocenters. The molecule has 3 aliphatic carbocycles. The van der Waals surface area contributed by atoms with Crippen LogP contribution in [0, 0.1) is 17.8 Å². The Labute approximate surface area is 126 Å². The van der Waals surface area contributed by atoms with Crippen molar-refractivity contribution in [2.45, 2.75) is 50.7 Å². The van der Waals surface area contributed by atoms with Crippen LogP contribution in [0.15, 0.2) is 30.3 Å². The molecule has 0 spiro atoms. The van der Waals surface area contributed by atoms with Crippen LogP contribution in [-0.2, 0) is 11.3 Å². The molecule has 0 saturated heterocycles. The SMILES string of the molecule is NC1C2CCC(C2)C1C(=O)N(Cc1ccccc1)C1CC1. The van der Waals surface area contributed by atoms with Gasteiger partial charge in [-0.2, -0.15) is 0 Å². The number of hydrogen-bond donors (Lipinski definition) is 1. The summed E-state index contributed by atoms with van der Waals surface area (Å²) < 4.78 is 0. The molecule has 4 unspecified atom stereocenters. The maximum absolute atomic E-state index is 13.1. The zero-order valence-electron chi connectivity index (χ0n) is 12.4. The second-order valence-corrected chi connectivity index (χ2v) is 7.12. The highest BCUT2D eigenvalue weighted by atomic mass is 16.2. The number of fused-ring (bicyclic) bond motifs is 2. The predicted molar refractivity (Wildman–Crippen MR) is 82.3 cm³/mol. The Bertz CT molecular complexity index is 523. The Balaban J connectivity index is 1.53.